The molecule has 3 rings (SSSR count). The number of hydrogen-bond donors (Lipinski definition) is 0. The molecule has 3 nitrogen and oxygen atoms in total. The number of hydrogen-bond acceptors (Lipinski definition) is 3. The molecule has 2 aliphatic heterocycles. The summed E-state index contributed by atoms with van der Waals surface area (Å²) in [5.41, 5.74) is 0.208. The van der Waals surface area contributed by atoms with Crippen LogP contribution in [0.1, 0.15) is 36.0 Å². The molecule has 1 aromatic rings. The molecule has 0 amide bonds. The standard InChI is InChI=1S/C16H19F2NO2/c1-19-11-3-4-12(19)6-9(5-11)16(20)10-7-13(17)15(18)14(8-10)21-2/h7-9,11-12H,3-6H2,1-2H3. The zero-order chi connectivity index (χ0) is 15.1. The van der Waals surface area contributed by atoms with Crippen LogP contribution in [0, 0.1) is 17.6 Å². The fourth-order valence-corrected chi connectivity index (χ4v) is 3.72. The van der Waals surface area contributed by atoms with Gasteiger partial charge in [-0.25, -0.2) is 4.39 Å². The number of ketones is 1. The molecule has 2 atom stereocenters. The Morgan fingerprint density at radius 3 is 2.43 bits per heavy atom. The SMILES string of the molecule is COc1cc(C(=O)C2CC3CCC(C2)N3C)cc(F)c1F. The number of piperidine rings is 1. The average Bonchev–Trinajstić information content (AvgIpc) is 2.70. The number of carbonyl (C=O) groups is 1. The summed E-state index contributed by atoms with van der Waals surface area (Å²) < 4.78 is 31.8. The highest BCUT2D eigenvalue weighted by Gasteiger charge is 2.41. The monoisotopic (exact) mass is 295 g/mol. The summed E-state index contributed by atoms with van der Waals surface area (Å²) in [6, 6.07) is 3.16. The van der Waals surface area contributed by atoms with E-state index in [9.17, 15) is 13.6 Å². The van der Waals surface area contributed by atoms with E-state index in [1.807, 2.05) is 0 Å². The molecule has 21 heavy (non-hydrogen) atoms. The van der Waals surface area contributed by atoms with Crippen molar-refractivity contribution in [2.75, 3.05) is 14.2 Å². The van der Waals surface area contributed by atoms with Crippen molar-refractivity contribution in [3.63, 3.8) is 0 Å². The van der Waals surface area contributed by atoms with Crippen LogP contribution < -0.4 is 4.74 Å². The molecule has 2 saturated heterocycles. The van der Waals surface area contributed by atoms with Crippen molar-refractivity contribution in [2.24, 2.45) is 5.92 Å². The third kappa shape index (κ3) is 2.44. The predicted molar refractivity (Wildman–Crippen MR) is 74.5 cm³/mol. The Labute approximate surface area is 122 Å². The second-order valence-electron chi connectivity index (χ2n) is 6.06. The molecule has 0 saturated carbocycles. The maximum atomic E-state index is 13.6. The van der Waals surface area contributed by atoms with Gasteiger partial charge in [0.1, 0.15) is 0 Å². The van der Waals surface area contributed by atoms with Crippen LogP contribution in [0.25, 0.3) is 0 Å². The largest absolute Gasteiger partial charge is 0.494 e. The smallest absolute Gasteiger partial charge is 0.200 e. The maximum Gasteiger partial charge on any atom is 0.200 e. The molecule has 0 spiro atoms. The number of nitrogens with zero attached hydrogens (tertiary/aromatic N) is 1. The van der Waals surface area contributed by atoms with Crippen molar-refractivity contribution >= 4 is 5.78 Å². The van der Waals surface area contributed by atoms with Crippen molar-refractivity contribution in [1.82, 2.24) is 4.90 Å². The van der Waals surface area contributed by atoms with E-state index in [0.717, 1.165) is 31.7 Å². The van der Waals surface area contributed by atoms with Gasteiger partial charge in [0.05, 0.1) is 7.11 Å². The van der Waals surface area contributed by atoms with E-state index >= 15 is 0 Å². The number of rotatable bonds is 3. The summed E-state index contributed by atoms with van der Waals surface area (Å²) in [6.07, 6.45) is 3.83. The van der Waals surface area contributed by atoms with Crippen molar-refractivity contribution in [2.45, 2.75) is 37.8 Å². The first-order chi connectivity index (χ1) is 10.0. The van der Waals surface area contributed by atoms with Crippen molar-refractivity contribution in [3.8, 4) is 5.75 Å². The van der Waals surface area contributed by atoms with E-state index in [-0.39, 0.29) is 23.0 Å². The highest BCUT2D eigenvalue weighted by atomic mass is 19.2. The Morgan fingerprint density at radius 2 is 1.86 bits per heavy atom. The number of Topliss-reactive ketones (excluding diaryl/α,β-unsaturated/α-hetero) is 1. The normalized spacial score (nSPS) is 28.7. The molecule has 0 radical (unpaired) electrons. The van der Waals surface area contributed by atoms with E-state index in [1.54, 1.807) is 0 Å². The van der Waals surface area contributed by atoms with Crippen LogP contribution in [0.4, 0.5) is 8.78 Å². The molecule has 5 heteroatoms. The molecule has 2 aliphatic rings. The van der Waals surface area contributed by atoms with E-state index in [1.165, 1.54) is 13.2 Å². The minimum Gasteiger partial charge on any atom is -0.494 e. The third-order valence-electron chi connectivity index (χ3n) is 4.97. The van der Waals surface area contributed by atoms with Crippen LogP contribution in [-0.2, 0) is 0 Å². The summed E-state index contributed by atoms with van der Waals surface area (Å²) >= 11 is 0. The first-order valence-electron chi connectivity index (χ1n) is 7.30. The number of methoxy groups -OCH3 is 1. The molecular weight excluding hydrogens is 276 g/mol. The van der Waals surface area contributed by atoms with Crippen LogP contribution in [0.15, 0.2) is 12.1 Å². The van der Waals surface area contributed by atoms with Crippen LogP contribution in [0.3, 0.4) is 0 Å². The Balaban J connectivity index is 1.84. The molecule has 2 unspecified atom stereocenters. The van der Waals surface area contributed by atoms with Gasteiger partial charge in [0.2, 0.25) is 5.82 Å². The number of ether oxygens (including phenoxy) is 1. The first-order valence-corrected chi connectivity index (χ1v) is 7.30. The van der Waals surface area contributed by atoms with Gasteiger partial charge >= 0.3 is 0 Å². The van der Waals surface area contributed by atoms with Gasteiger partial charge in [-0.3, -0.25) is 4.79 Å². The van der Waals surface area contributed by atoms with Gasteiger partial charge < -0.3 is 9.64 Å². The average molecular weight is 295 g/mol. The number of benzene rings is 1. The Hall–Kier alpha value is -1.49. The molecular formula is C16H19F2NO2. The zero-order valence-corrected chi connectivity index (χ0v) is 12.2. The van der Waals surface area contributed by atoms with Crippen molar-refractivity contribution in [1.29, 1.82) is 0 Å². The van der Waals surface area contributed by atoms with Gasteiger partial charge in [0.25, 0.3) is 0 Å². The fraction of sp³-hybridized carbons (Fsp3) is 0.562. The Kier molecular flexibility index (Phi) is 3.69. The molecule has 2 fully saturated rings. The van der Waals surface area contributed by atoms with Crippen LogP contribution in [0.2, 0.25) is 0 Å². The quantitative estimate of drug-likeness (QED) is 0.803. The van der Waals surface area contributed by atoms with Gasteiger partial charge in [-0.2, -0.15) is 4.39 Å². The van der Waals surface area contributed by atoms with E-state index in [4.69, 9.17) is 4.74 Å². The molecule has 0 aliphatic carbocycles. The zero-order valence-electron chi connectivity index (χ0n) is 12.2. The van der Waals surface area contributed by atoms with Crippen LogP contribution in [-0.4, -0.2) is 36.9 Å². The summed E-state index contributed by atoms with van der Waals surface area (Å²) in [6.45, 7) is 0. The summed E-state index contributed by atoms with van der Waals surface area (Å²) in [5.74, 6) is -2.49. The molecule has 114 valence electrons. The third-order valence-corrected chi connectivity index (χ3v) is 4.97. The lowest BCUT2D eigenvalue weighted by Crippen LogP contribution is -2.42. The minimum absolute atomic E-state index is 0.0998. The summed E-state index contributed by atoms with van der Waals surface area (Å²) in [4.78, 5) is 14.9. The molecule has 2 bridgehead atoms. The topological polar surface area (TPSA) is 29.5 Å². The fourth-order valence-electron chi connectivity index (χ4n) is 3.72. The Bertz CT molecular complexity index is 562. The molecule has 0 N–H and O–H groups in total. The lowest BCUT2D eigenvalue weighted by atomic mass is 9.85. The van der Waals surface area contributed by atoms with Gasteiger partial charge in [-0.15, -0.1) is 0 Å². The van der Waals surface area contributed by atoms with Crippen LogP contribution in [0.5, 0.6) is 5.75 Å². The molecule has 0 aromatic heterocycles. The second-order valence-corrected chi connectivity index (χ2v) is 6.06. The first kappa shape index (κ1) is 14.4. The molecule has 1 aromatic carbocycles. The van der Waals surface area contributed by atoms with Crippen molar-refractivity contribution in [3.05, 3.63) is 29.3 Å². The van der Waals surface area contributed by atoms with Crippen molar-refractivity contribution < 1.29 is 18.3 Å². The molecule has 2 heterocycles. The summed E-state index contributed by atoms with van der Waals surface area (Å²) in [7, 11) is 3.37. The van der Waals surface area contributed by atoms with Gasteiger partial charge in [0.15, 0.2) is 17.3 Å². The number of carbonyl (C=O) groups excluding carboxylic acids is 1. The van der Waals surface area contributed by atoms with E-state index < -0.39 is 11.6 Å². The van der Waals surface area contributed by atoms with E-state index in [2.05, 4.69) is 11.9 Å². The van der Waals surface area contributed by atoms with Crippen LogP contribution >= 0.6 is 0 Å². The van der Waals surface area contributed by atoms with E-state index in [0.29, 0.717) is 12.1 Å². The Morgan fingerprint density at radius 1 is 1.24 bits per heavy atom. The maximum absolute atomic E-state index is 13.6. The lowest BCUT2D eigenvalue weighted by Gasteiger charge is -2.35. The van der Waals surface area contributed by atoms with Gasteiger partial charge in [-0.05, 0) is 44.9 Å². The predicted octanol–water partition coefficient (Wildman–Crippen LogP) is 3.03. The number of halogens is 2. The lowest BCUT2D eigenvalue weighted by molar-refractivity contribution is 0.0766. The van der Waals surface area contributed by atoms with Gasteiger partial charge in [0, 0.05) is 23.6 Å². The highest BCUT2D eigenvalue weighted by molar-refractivity contribution is 5.98. The highest BCUT2D eigenvalue weighted by Crippen LogP contribution is 2.39. The second kappa shape index (κ2) is 5.37. The minimum atomic E-state index is -1.04. The van der Waals surface area contributed by atoms with Gasteiger partial charge in [-0.1, -0.05) is 0 Å². The summed E-state index contributed by atoms with van der Waals surface area (Å²) in [5, 5.41) is 0. The number of fused-ring (bicyclic) bond motifs is 2.